The van der Waals surface area contributed by atoms with Crippen LogP contribution in [0.15, 0.2) is 36.7 Å². The Kier molecular flexibility index (Phi) is 2.42. The molecule has 0 spiro atoms. The highest BCUT2D eigenvalue weighted by Gasteiger charge is 2.21. The van der Waals surface area contributed by atoms with Crippen LogP contribution in [-0.4, -0.2) is 21.3 Å². The first-order chi connectivity index (χ1) is 7.95. The minimum Gasteiger partial charge on any atom is -0.307 e. The molecule has 0 saturated carbocycles. The van der Waals surface area contributed by atoms with Crippen molar-refractivity contribution in [1.82, 2.24) is 20.1 Å². The van der Waals surface area contributed by atoms with Crippen molar-refractivity contribution in [3.63, 3.8) is 0 Å². The van der Waals surface area contributed by atoms with Gasteiger partial charge >= 0.3 is 0 Å². The zero-order valence-electron chi connectivity index (χ0n) is 9.00. The second-order valence-electron chi connectivity index (χ2n) is 4.04. The number of nitrogens with one attached hydrogen (secondary N) is 1. The summed E-state index contributed by atoms with van der Waals surface area (Å²) >= 11 is 0. The normalized spacial score (nSPS) is 20.1. The van der Waals surface area contributed by atoms with Gasteiger partial charge in [0.15, 0.2) is 5.82 Å². The van der Waals surface area contributed by atoms with Gasteiger partial charge in [-0.05, 0) is 31.5 Å². The minimum absolute atomic E-state index is 0.350. The smallest absolute Gasteiger partial charge is 0.154 e. The zero-order chi connectivity index (χ0) is 10.8. The molecule has 1 atom stereocenters. The Morgan fingerprint density at radius 2 is 2.12 bits per heavy atom. The van der Waals surface area contributed by atoms with E-state index in [1.165, 1.54) is 6.42 Å². The summed E-state index contributed by atoms with van der Waals surface area (Å²) < 4.78 is 2.06. The summed E-state index contributed by atoms with van der Waals surface area (Å²) in [5.41, 5.74) is 1.12. The fourth-order valence-electron chi connectivity index (χ4n) is 2.17. The zero-order valence-corrected chi connectivity index (χ0v) is 9.00. The molecule has 4 heteroatoms. The Bertz CT molecular complexity index is 457. The lowest BCUT2D eigenvalue weighted by Gasteiger charge is -2.11. The molecule has 1 saturated heterocycles. The largest absolute Gasteiger partial charge is 0.307 e. The number of hydrogen-bond acceptors (Lipinski definition) is 3. The van der Waals surface area contributed by atoms with Crippen LogP contribution >= 0.6 is 0 Å². The number of hydrogen-bond donors (Lipinski definition) is 1. The van der Waals surface area contributed by atoms with Crippen molar-refractivity contribution in [2.45, 2.75) is 18.9 Å². The molecule has 0 amide bonds. The van der Waals surface area contributed by atoms with Crippen LogP contribution in [0.2, 0.25) is 0 Å². The fourth-order valence-corrected chi connectivity index (χ4v) is 2.17. The van der Waals surface area contributed by atoms with Gasteiger partial charge in [-0.1, -0.05) is 18.2 Å². The molecule has 1 aliphatic heterocycles. The molecule has 0 aliphatic carbocycles. The van der Waals surface area contributed by atoms with E-state index < -0.39 is 0 Å². The third-order valence-electron chi connectivity index (χ3n) is 2.98. The second-order valence-corrected chi connectivity index (χ2v) is 4.04. The Labute approximate surface area is 94.3 Å². The first-order valence-corrected chi connectivity index (χ1v) is 5.64. The van der Waals surface area contributed by atoms with E-state index >= 15 is 0 Å². The predicted molar refractivity (Wildman–Crippen MR) is 61.3 cm³/mol. The molecular weight excluding hydrogens is 200 g/mol. The van der Waals surface area contributed by atoms with Gasteiger partial charge in [0.2, 0.25) is 0 Å². The van der Waals surface area contributed by atoms with Gasteiger partial charge in [0.25, 0.3) is 0 Å². The van der Waals surface area contributed by atoms with Crippen LogP contribution in [0.25, 0.3) is 5.69 Å². The van der Waals surface area contributed by atoms with E-state index in [9.17, 15) is 0 Å². The molecule has 1 unspecified atom stereocenters. The van der Waals surface area contributed by atoms with Gasteiger partial charge in [-0.3, -0.25) is 4.57 Å². The Morgan fingerprint density at radius 1 is 1.25 bits per heavy atom. The molecule has 1 fully saturated rings. The van der Waals surface area contributed by atoms with Crippen LogP contribution in [0.5, 0.6) is 0 Å². The fraction of sp³-hybridized carbons (Fsp3) is 0.333. The highest BCUT2D eigenvalue weighted by Crippen LogP contribution is 2.22. The van der Waals surface area contributed by atoms with E-state index in [1.807, 2.05) is 18.2 Å². The van der Waals surface area contributed by atoms with E-state index in [0.29, 0.717) is 6.04 Å². The van der Waals surface area contributed by atoms with Crippen LogP contribution in [-0.2, 0) is 0 Å². The number of nitrogens with zero attached hydrogens (tertiary/aromatic N) is 3. The summed E-state index contributed by atoms with van der Waals surface area (Å²) in [5, 5.41) is 11.7. The molecule has 3 rings (SSSR count). The van der Waals surface area contributed by atoms with Gasteiger partial charge < -0.3 is 5.32 Å². The predicted octanol–water partition coefficient (Wildman–Crippen LogP) is 1.69. The number of para-hydroxylation sites is 1. The van der Waals surface area contributed by atoms with E-state index in [2.05, 4.69) is 32.2 Å². The number of benzene rings is 1. The summed E-state index contributed by atoms with van der Waals surface area (Å²) in [7, 11) is 0. The maximum Gasteiger partial charge on any atom is 0.154 e. The standard InChI is InChI=1S/C12H14N4/c1-2-5-10(6-3-1)16-9-14-15-12(16)11-7-4-8-13-11/h1-3,5-6,9,11,13H,4,7-8H2. The summed E-state index contributed by atoms with van der Waals surface area (Å²) in [5.74, 6) is 1.02. The quantitative estimate of drug-likeness (QED) is 0.827. The topological polar surface area (TPSA) is 42.7 Å². The van der Waals surface area contributed by atoms with E-state index in [4.69, 9.17) is 0 Å². The molecule has 16 heavy (non-hydrogen) atoms. The lowest BCUT2D eigenvalue weighted by Crippen LogP contribution is -2.17. The summed E-state index contributed by atoms with van der Waals surface area (Å²) in [6, 6.07) is 10.6. The maximum absolute atomic E-state index is 4.23. The third-order valence-corrected chi connectivity index (χ3v) is 2.98. The molecule has 1 aromatic heterocycles. The van der Waals surface area contributed by atoms with Gasteiger partial charge in [0.05, 0.1) is 6.04 Å². The molecule has 1 N–H and O–H groups in total. The molecule has 2 heterocycles. The first-order valence-electron chi connectivity index (χ1n) is 5.64. The van der Waals surface area contributed by atoms with Crippen LogP contribution < -0.4 is 5.32 Å². The molecule has 82 valence electrons. The molecule has 4 nitrogen and oxygen atoms in total. The lowest BCUT2D eigenvalue weighted by molar-refractivity contribution is 0.592. The molecule has 2 aromatic rings. The van der Waals surface area contributed by atoms with E-state index in [1.54, 1.807) is 6.33 Å². The van der Waals surface area contributed by atoms with Crippen molar-refractivity contribution in [2.75, 3.05) is 6.54 Å². The van der Waals surface area contributed by atoms with Crippen LogP contribution in [0.4, 0.5) is 0 Å². The second kappa shape index (κ2) is 4.06. The van der Waals surface area contributed by atoms with Gasteiger partial charge in [-0.25, -0.2) is 0 Å². The summed E-state index contributed by atoms with van der Waals surface area (Å²) in [6.45, 7) is 1.08. The lowest BCUT2D eigenvalue weighted by atomic mass is 10.2. The Balaban J connectivity index is 1.99. The molecule has 1 aliphatic rings. The third kappa shape index (κ3) is 1.61. The van der Waals surface area contributed by atoms with Crippen molar-refractivity contribution < 1.29 is 0 Å². The highest BCUT2D eigenvalue weighted by atomic mass is 15.3. The summed E-state index contributed by atoms with van der Waals surface area (Å²) in [4.78, 5) is 0. The highest BCUT2D eigenvalue weighted by molar-refractivity contribution is 5.32. The average Bonchev–Trinajstić information content (AvgIpc) is 3.01. The monoisotopic (exact) mass is 214 g/mol. The van der Waals surface area contributed by atoms with Crippen molar-refractivity contribution in [3.05, 3.63) is 42.5 Å². The van der Waals surface area contributed by atoms with Crippen LogP contribution in [0, 0.1) is 0 Å². The van der Waals surface area contributed by atoms with E-state index in [0.717, 1.165) is 24.5 Å². The Hall–Kier alpha value is -1.68. The first kappa shape index (κ1) is 9.54. The van der Waals surface area contributed by atoms with Gasteiger partial charge in [-0.15, -0.1) is 10.2 Å². The SMILES string of the molecule is c1ccc(-n2cnnc2C2CCCN2)cc1. The van der Waals surface area contributed by atoms with Gasteiger partial charge in [-0.2, -0.15) is 0 Å². The molecule has 0 radical (unpaired) electrons. The van der Waals surface area contributed by atoms with Gasteiger partial charge in [0, 0.05) is 5.69 Å². The van der Waals surface area contributed by atoms with Crippen molar-refractivity contribution >= 4 is 0 Å². The minimum atomic E-state index is 0.350. The molecular formula is C12H14N4. The van der Waals surface area contributed by atoms with Crippen molar-refractivity contribution in [3.8, 4) is 5.69 Å². The molecule has 0 bridgehead atoms. The number of aromatic nitrogens is 3. The molecule has 1 aromatic carbocycles. The summed E-state index contributed by atoms with van der Waals surface area (Å²) in [6.07, 6.45) is 4.14. The maximum atomic E-state index is 4.23. The van der Waals surface area contributed by atoms with Crippen molar-refractivity contribution in [1.29, 1.82) is 0 Å². The van der Waals surface area contributed by atoms with E-state index in [-0.39, 0.29) is 0 Å². The average molecular weight is 214 g/mol. The van der Waals surface area contributed by atoms with Crippen LogP contribution in [0.3, 0.4) is 0 Å². The number of rotatable bonds is 2. The van der Waals surface area contributed by atoms with Gasteiger partial charge in [0.1, 0.15) is 6.33 Å². The van der Waals surface area contributed by atoms with Crippen molar-refractivity contribution in [2.24, 2.45) is 0 Å². The van der Waals surface area contributed by atoms with Crippen LogP contribution in [0.1, 0.15) is 24.7 Å². The Morgan fingerprint density at radius 3 is 2.88 bits per heavy atom.